The van der Waals surface area contributed by atoms with E-state index in [0.29, 0.717) is 12.1 Å². The average Bonchev–Trinajstić information content (AvgIpc) is 2.78. The van der Waals surface area contributed by atoms with Crippen molar-refractivity contribution in [3.63, 3.8) is 0 Å². The topological polar surface area (TPSA) is 6.48 Å². The van der Waals surface area contributed by atoms with Crippen molar-refractivity contribution in [2.45, 2.75) is 42.5 Å². The second-order valence-corrected chi connectivity index (χ2v) is 7.48. The lowest BCUT2D eigenvalue weighted by molar-refractivity contribution is 0.0606. The number of nitrogens with zero attached hydrogens (tertiary/aromatic N) is 2. The summed E-state index contributed by atoms with van der Waals surface area (Å²) in [7, 11) is 2.26. The molecule has 2 heterocycles. The molecule has 0 saturated carbocycles. The normalized spacial score (nSPS) is 32.5. The predicted octanol–water partition coefficient (Wildman–Crippen LogP) is 2.73. The molecule has 1 aromatic carbocycles. The summed E-state index contributed by atoms with van der Waals surface area (Å²) >= 11 is 2.08. The van der Waals surface area contributed by atoms with Gasteiger partial charge < -0.3 is 0 Å². The van der Waals surface area contributed by atoms with Gasteiger partial charge in [0.25, 0.3) is 0 Å². The van der Waals surface area contributed by atoms with Crippen LogP contribution in [-0.4, -0.2) is 53.8 Å². The van der Waals surface area contributed by atoms with Crippen LogP contribution in [-0.2, 0) is 6.42 Å². The predicted molar refractivity (Wildman–Crippen MR) is 82.9 cm³/mol. The molecule has 104 valence electrons. The van der Waals surface area contributed by atoms with E-state index in [9.17, 15) is 0 Å². The molecule has 0 bridgehead atoms. The number of thioether (sulfide) groups is 1. The highest BCUT2D eigenvalue weighted by Crippen LogP contribution is 2.37. The van der Waals surface area contributed by atoms with Crippen LogP contribution < -0.4 is 0 Å². The van der Waals surface area contributed by atoms with Crippen LogP contribution in [0, 0.1) is 0 Å². The van der Waals surface area contributed by atoms with Gasteiger partial charge in [-0.3, -0.25) is 9.80 Å². The van der Waals surface area contributed by atoms with Gasteiger partial charge in [0.15, 0.2) is 0 Å². The van der Waals surface area contributed by atoms with Crippen LogP contribution in [0.15, 0.2) is 29.2 Å². The fourth-order valence-corrected chi connectivity index (χ4v) is 4.67. The lowest BCUT2D eigenvalue weighted by Crippen LogP contribution is -2.55. The number of hydrogen-bond acceptors (Lipinski definition) is 3. The molecule has 0 radical (unpaired) electrons. The zero-order chi connectivity index (χ0) is 13.4. The quantitative estimate of drug-likeness (QED) is 0.820. The molecule has 3 heteroatoms. The number of fused-ring (bicyclic) bond motifs is 1. The molecule has 0 aliphatic carbocycles. The second-order valence-electron chi connectivity index (χ2n) is 6.13. The zero-order valence-electron chi connectivity index (χ0n) is 12.2. The van der Waals surface area contributed by atoms with Gasteiger partial charge in [-0.15, -0.1) is 11.8 Å². The summed E-state index contributed by atoms with van der Waals surface area (Å²) in [6.45, 7) is 8.36. The zero-order valence-corrected chi connectivity index (χ0v) is 13.0. The van der Waals surface area contributed by atoms with E-state index in [1.54, 1.807) is 5.56 Å². The van der Waals surface area contributed by atoms with Crippen LogP contribution in [0.25, 0.3) is 0 Å². The average molecular weight is 276 g/mol. The summed E-state index contributed by atoms with van der Waals surface area (Å²) in [5, 5.41) is 0.750. The largest absolute Gasteiger partial charge is 0.299 e. The smallest absolute Gasteiger partial charge is 0.0263 e. The molecule has 2 nitrogen and oxygen atoms in total. The van der Waals surface area contributed by atoms with Crippen molar-refractivity contribution in [3.8, 4) is 0 Å². The molecule has 2 aliphatic rings. The first-order valence-electron chi connectivity index (χ1n) is 7.32. The minimum atomic E-state index is 0.678. The van der Waals surface area contributed by atoms with Crippen LogP contribution in [0.2, 0.25) is 0 Å². The van der Waals surface area contributed by atoms with Crippen LogP contribution in [0.5, 0.6) is 0 Å². The second kappa shape index (κ2) is 5.47. The van der Waals surface area contributed by atoms with Crippen LogP contribution in [0.4, 0.5) is 0 Å². The molecule has 3 rings (SSSR count). The lowest BCUT2D eigenvalue weighted by atomic mass is 10.1. The molecule has 2 aliphatic heterocycles. The van der Waals surface area contributed by atoms with Crippen molar-refractivity contribution in [3.05, 3.63) is 29.8 Å². The van der Waals surface area contributed by atoms with E-state index in [1.807, 2.05) is 0 Å². The minimum absolute atomic E-state index is 0.678. The Balaban J connectivity index is 1.59. The maximum absolute atomic E-state index is 2.67. The van der Waals surface area contributed by atoms with Crippen molar-refractivity contribution in [1.82, 2.24) is 9.80 Å². The standard InChI is InChI=1S/C16H24N2S/c1-12-9-18(10-13(2)17(12)3)11-15-8-14-6-4-5-7-16(14)19-15/h4-7,12-13,15H,8-11H2,1-3H3. The Bertz CT molecular complexity index is 411. The highest BCUT2D eigenvalue weighted by atomic mass is 32.2. The van der Waals surface area contributed by atoms with Gasteiger partial charge in [-0.05, 0) is 38.9 Å². The van der Waals surface area contributed by atoms with Crippen molar-refractivity contribution in [2.24, 2.45) is 0 Å². The Hall–Kier alpha value is -0.510. The molecule has 0 aromatic heterocycles. The molecule has 0 spiro atoms. The fraction of sp³-hybridized carbons (Fsp3) is 0.625. The molecular formula is C16H24N2S. The number of hydrogen-bond donors (Lipinski definition) is 0. The van der Waals surface area contributed by atoms with Gasteiger partial charge in [-0.1, -0.05) is 18.2 Å². The third-order valence-corrected chi connectivity index (χ3v) is 5.91. The number of rotatable bonds is 2. The Kier molecular flexibility index (Phi) is 3.88. The van der Waals surface area contributed by atoms with Gasteiger partial charge in [-0.2, -0.15) is 0 Å². The van der Waals surface area contributed by atoms with Gasteiger partial charge in [0, 0.05) is 41.9 Å². The van der Waals surface area contributed by atoms with E-state index in [2.05, 4.69) is 66.7 Å². The molecule has 3 unspecified atom stereocenters. The number of piperazine rings is 1. The molecule has 3 atom stereocenters. The van der Waals surface area contributed by atoms with E-state index >= 15 is 0 Å². The molecular weight excluding hydrogens is 252 g/mol. The molecule has 1 aromatic rings. The third-order valence-electron chi connectivity index (χ3n) is 4.61. The number of benzene rings is 1. The van der Waals surface area contributed by atoms with E-state index in [0.717, 1.165) is 5.25 Å². The van der Waals surface area contributed by atoms with Crippen molar-refractivity contribution in [1.29, 1.82) is 0 Å². The van der Waals surface area contributed by atoms with Gasteiger partial charge in [0.05, 0.1) is 0 Å². The van der Waals surface area contributed by atoms with Crippen LogP contribution in [0.1, 0.15) is 19.4 Å². The van der Waals surface area contributed by atoms with Crippen LogP contribution in [0.3, 0.4) is 0 Å². The summed E-state index contributed by atoms with van der Waals surface area (Å²) in [5.41, 5.74) is 1.55. The molecule has 19 heavy (non-hydrogen) atoms. The maximum atomic E-state index is 2.67. The van der Waals surface area contributed by atoms with Crippen LogP contribution >= 0.6 is 11.8 Å². The third kappa shape index (κ3) is 2.83. The SMILES string of the molecule is CC1CN(CC2Cc3ccccc3S2)CC(C)N1C. The Morgan fingerprint density at radius 2 is 1.84 bits per heavy atom. The molecule has 1 fully saturated rings. The molecule has 1 saturated heterocycles. The lowest BCUT2D eigenvalue weighted by Gasteiger charge is -2.43. The first-order chi connectivity index (χ1) is 9.13. The Morgan fingerprint density at radius 3 is 2.53 bits per heavy atom. The van der Waals surface area contributed by atoms with Gasteiger partial charge >= 0.3 is 0 Å². The summed E-state index contributed by atoms with van der Waals surface area (Å²) in [5.74, 6) is 0. The van der Waals surface area contributed by atoms with Crippen molar-refractivity contribution < 1.29 is 0 Å². The van der Waals surface area contributed by atoms with Gasteiger partial charge in [-0.25, -0.2) is 0 Å². The summed E-state index contributed by atoms with van der Waals surface area (Å²) in [6, 6.07) is 10.2. The summed E-state index contributed by atoms with van der Waals surface area (Å²) in [4.78, 5) is 6.68. The van der Waals surface area contributed by atoms with Crippen molar-refractivity contribution >= 4 is 11.8 Å². The molecule has 0 N–H and O–H groups in total. The van der Waals surface area contributed by atoms with Gasteiger partial charge in [0.1, 0.15) is 0 Å². The first-order valence-corrected chi connectivity index (χ1v) is 8.20. The minimum Gasteiger partial charge on any atom is -0.299 e. The monoisotopic (exact) mass is 276 g/mol. The van der Waals surface area contributed by atoms with E-state index in [4.69, 9.17) is 0 Å². The Morgan fingerprint density at radius 1 is 1.16 bits per heavy atom. The first kappa shape index (κ1) is 13.5. The fourth-order valence-electron chi connectivity index (χ4n) is 3.31. The van der Waals surface area contributed by atoms with Gasteiger partial charge in [0.2, 0.25) is 0 Å². The molecule has 0 amide bonds. The van der Waals surface area contributed by atoms with E-state index in [1.165, 1.54) is 31.0 Å². The maximum Gasteiger partial charge on any atom is 0.0263 e. The highest BCUT2D eigenvalue weighted by Gasteiger charge is 2.30. The summed E-state index contributed by atoms with van der Waals surface area (Å²) < 4.78 is 0. The van der Waals surface area contributed by atoms with Crippen molar-refractivity contribution in [2.75, 3.05) is 26.7 Å². The van der Waals surface area contributed by atoms with E-state index < -0.39 is 0 Å². The highest BCUT2D eigenvalue weighted by molar-refractivity contribution is 8.00. The summed E-state index contributed by atoms with van der Waals surface area (Å²) in [6.07, 6.45) is 1.25. The number of likely N-dealkylation sites (N-methyl/N-ethyl adjacent to an activating group) is 1. The Labute approximate surface area is 121 Å². The van der Waals surface area contributed by atoms with E-state index in [-0.39, 0.29) is 0 Å².